The van der Waals surface area contributed by atoms with E-state index in [1.165, 1.54) is 19.5 Å². The molecule has 0 aliphatic carbocycles. The molecule has 19 heavy (non-hydrogen) atoms. The second-order valence-electron chi connectivity index (χ2n) is 6.37. The maximum Gasteiger partial charge on any atom is 0.0963 e. The first-order valence-electron chi connectivity index (χ1n) is 7.71. The van der Waals surface area contributed by atoms with Crippen LogP contribution in [0, 0.1) is 10.8 Å². The first kappa shape index (κ1) is 16.4. The lowest BCUT2D eigenvalue weighted by Crippen LogP contribution is -2.37. The summed E-state index contributed by atoms with van der Waals surface area (Å²) >= 11 is 0. The Morgan fingerprint density at radius 1 is 1.37 bits per heavy atom. The van der Waals surface area contributed by atoms with Crippen LogP contribution in [0.25, 0.3) is 0 Å². The molecule has 0 saturated carbocycles. The predicted molar refractivity (Wildman–Crippen MR) is 82.7 cm³/mol. The van der Waals surface area contributed by atoms with Gasteiger partial charge in [0.25, 0.3) is 0 Å². The van der Waals surface area contributed by atoms with Crippen LogP contribution in [0.1, 0.15) is 47.0 Å². The molecule has 1 fully saturated rings. The summed E-state index contributed by atoms with van der Waals surface area (Å²) in [6, 6.07) is 0.746. The minimum absolute atomic E-state index is 0.141. The number of nitrogens with one attached hydrogen (secondary N) is 1. The van der Waals surface area contributed by atoms with Gasteiger partial charge in [-0.2, -0.15) is 0 Å². The fourth-order valence-electron chi connectivity index (χ4n) is 2.93. The molecule has 3 N–H and O–H groups in total. The third kappa shape index (κ3) is 4.77. The summed E-state index contributed by atoms with van der Waals surface area (Å²) < 4.78 is 0. The molecule has 1 unspecified atom stereocenters. The molecule has 1 saturated heterocycles. The lowest BCUT2D eigenvalue weighted by molar-refractivity contribution is 0.208. The highest BCUT2D eigenvalue weighted by molar-refractivity contribution is 5.82. The Kier molecular flexibility index (Phi) is 6.27. The first-order chi connectivity index (χ1) is 8.90. The monoisotopic (exact) mass is 268 g/mol. The van der Waals surface area contributed by atoms with Crippen molar-refractivity contribution in [1.82, 2.24) is 9.80 Å². The van der Waals surface area contributed by atoms with Gasteiger partial charge in [-0.05, 0) is 45.4 Å². The van der Waals surface area contributed by atoms with E-state index in [0.29, 0.717) is 5.84 Å². The molecule has 4 heteroatoms. The van der Waals surface area contributed by atoms with Crippen molar-refractivity contribution >= 4 is 5.84 Å². The summed E-state index contributed by atoms with van der Waals surface area (Å²) in [7, 11) is 0. The summed E-state index contributed by atoms with van der Waals surface area (Å²) in [4.78, 5) is 5.14. The first-order valence-corrected chi connectivity index (χ1v) is 7.71. The van der Waals surface area contributed by atoms with Gasteiger partial charge in [0.1, 0.15) is 0 Å². The van der Waals surface area contributed by atoms with Crippen LogP contribution in [0.2, 0.25) is 0 Å². The molecular formula is C15H32N4. The molecule has 1 rings (SSSR count). The zero-order chi connectivity index (χ0) is 14.5. The van der Waals surface area contributed by atoms with E-state index in [-0.39, 0.29) is 5.41 Å². The number of hydrogen-bond donors (Lipinski definition) is 2. The van der Waals surface area contributed by atoms with Crippen LogP contribution in [0.3, 0.4) is 0 Å². The smallest absolute Gasteiger partial charge is 0.0963 e. The van der Waals surface area contributed by atoms with E-state index in [1.54, 1.807) is 0 Å². The van der Waals surface area contributed by atoms with E-state index in [0.717, 1.165) is 38.5 Å². The van der Waals surface area contributed by atoms with Crippen molar-refractivity contribution in [2.45, 2.75) is 53.0 Å². The van der Waals surface area contributed by atoms with Crippen molar-refractivity contribution in [3.63, 3.8) is 0 Å². The van der Waals surface area contributed by atoms with E-state index in [4.69, 9.17) is 11.1 Å². The van der Waals surface area contributed by atoms with Crippen LogP contribution in [0.15, 0.2) is 0 Å². The van der Waals surface area contributed by atoms with Gasteiger partial charge in [0.05, 0.1) is 5.84 Å². The topological polar surface area (TPSA) is 56.4 Å². The molecule has 0 amide bonds. The molecular weight excluding hydrogens is 236 g/mol. The Bertz CT molecular complexity index is 284. The van der Waals surface area contributed by atoms with Crippen LogP contribution in [-0.4, -0.2) is 54.4 Å². The van der Waals surface area contributed by atoms with Gasteiger partial charge in [-0.1, -0.05) is 27.7 Å². The van der Waals surface area contributed by atoms with Crippen molar-refractivity contribution < 1.29 is 0 Å². The summed E-state index contributed by atoms with van der Waals surface area (Å²) in [5.41, 5.74) is 5.48. The zero-order valence-corrected chi connectivity index (χ0v) is 13.2. The summed E-state index contributed by atoms with van der Waals surface area (Å²) in [6.07, 6.45) is 3.45. The molecule has 0 radical (unpaired) electrons. The quantitative estimate of drug-likeness (QED) is 0.524. The maximum absolute atomic E-state index is 7.58. The van der Waals surface area contributed by atoms with Crippen molar-refractivity contribution in [1.29, 1.82) is 5.41 Å². The van der Waals surface area contributed by atoms with E-state index >= 15 is 0 Å². The Morgan fingerprint density at radius 3 is 2.53 bits per heavy atom. The number of likely N-dealkylation sites (tertiary alicyclic amines) is 1. The molecule has 1 aliphatic heterocycles. The molecule has 1 heterocycles. The van der Waals surface area contributed by atoms with Gasteiger partial charge in [0.15, 0.2) is 0 Å². The van der Waals surface area contributed by atoms with Gasteiger partial charge in [-0.3, -0.25) is 10.3 Å². The molecule has 0 aromatic heterocycles. The number of amidine groups is 1. The minimum atomic E-state index is -0.141. The minimum Gasteiger partial charge on any atom is -0.387 e. The third-order valence-corrected chi connectivity index (χ3v) is 4.58. The number of likely N-dealkylation sites (N-methyl/N-ethyl adjacent to an activating group) is 1. The SMILES string of the molecule is CCN(CC)C1CCN(CCCC(C)(C)C(=N)N)C1. The van der Waals surface area contributed by atoms with Crippen molar-refractivity contribution in [3.8, 4) is 0 Å². The van der Waals surface area contributed by atoms with E-state index in [1.807, 2.05) is 0 Å². The van der Waals surface area contributed by atoms with Gasteiger partial charge in [0.2, 0.25) is 0 Å². The number of nitrogens with two attached hydrogens (primary N) is 1. The molecule has 1 atom stereocenters. The average molecular weight is 268 g/mol. The molecule has 0 spiro atoms. The van der Waals surface area contributed by atoms with Crippen molar-refractivity contribution in [2.75, 3.05) is 32.7 Å². The third-order valence-electron chi connectivity index (χ3n) is 4.58. The maximum atomic E-state index is 7.58. The molecule has 4 nitrogen and oxygen atoms in total. The Labute approximate surface area is 118 Å². The summed E-state index contributed by atoms with van der Waals surface area (Å²) in [5.74, 6) is 0.315. The van der Waals surface area contributed by atoms with Crippen LogP contribution < -0.4 is 5.73 Å². The second kappa shape index (κ2) is 7.25. The Hall–Kier alpha value is -0.610. The zero-order valence-electron chi connectivity index (χ0n) is 13.2. The summed E-state index contributed by atoms with van der Waals surface area (Å²) in [6.45, 7) is 14.5. The normalized spacial score (nSPS) is 21.2. The Morgan fingerprint density at radius 2 is 2.00 bits per heavy atom. The second-order valence-corrected chi connectivity index (χ2v) is 6.37. The van der Waals surface area contributed by atoms with Crippen molar-refractivity contribution in [3.05, 3.63) is 0 Å². The highest BCUT2D eigenvalue weighted by Gasteiger charge is 2.27. The molecule has 0 aromatic rings. The lowest BCUT2D eigenvalue weighted by Gasteiger charge is -2.27. The van der Waals surface area contributed by atoms with E-state index < -0.39 is 0 Å². The van der Waals surface area contributed by atoms with Gasteiger partial charge >= 0.3 is 0 Å². The van der Waals surface area contributed by atoms with Gasteiger partial charge in [-0.25, -0.2) is 0 Å². The van der Waals surface area contributed by atoms with Gasteiger partial charge < -0.3 is 10.6 Å². The van der Waals surface area contributed by atoms with E-state index in [2.05, 4.69) is 37.5 Å². The Balaban J connectivity index is 2.28. The fourth-order valence-corrected chi connectivity index (χ4v) is 2.93. The van der Waals surface area contributed by atoms with Gasteiger partial charge in [0, 0.05) is 18.0 Å². The van der Waals surface area contributed by atoms with Crippen molar-refractivity contribution in [2.24, 2.45) is 11.1 Å². The van der Waals surface area contributed by atoms with Crippen LogP contribution in [0.5, 0.6) is 0 Å². The largest absolute Gasteiger partial charge is 0.387 e. The molecule has 0 bridgehead atoms. The molecule has 0 aromatic carbocycles. The summed E-state index contributed by atoms with van der Waals surface area (Å²) in [5, 5.41) is 7.58. The van der Waals surface area contributed by atoms with E-state index in [9.17, 15) is 0 Å². The average Bonchev–Trinajstić information content (AvgIpc) is 2.79. The van der Waals surface area contributed by atoms with Crippen LogP contribution >= 0.6 is 0 Å². The van der Waals surface area contributed by atoms with Crippen LogP contribution in [0.4, 0.5) is 0 Å². The lowest BCUT2D eigenvalue weighted by atomic mass is 9.86. The number of rotatable bonds is 8. The fraction of sp³-hybridized carbons (Fsp3) is 0.933. The predicted octanol–water partition coefficient (Wildman–Crippen LogP) is 2.14. The standard InChI is InChI=1S/C15H32N4/c1-5-19(6-2)13-8-11-18(12-13)10-7-9-15(3,4)14(16)17/h13H,5-12H2,1-4H3,(H3,16,17). The number of nitrogens with zero attached hydrogens (tertiary/aromatic N) is 2. The van der Waals surface area contributed by atoms with Crippen LogP contribution in [-0.2, 0) is 0 Å². The highest BCUT2D eigenvalue weighted by Crippen LogP contribution is 2.23. The highest BCUT2D eigenvalue weighted by atomic mass is 15.2. The molecule has 112 valence electrons. The molecule has 1 aliphatic rings. The van der Waals surface area contributed by atoms with Gasteiger partial charge in [-0.15, -0.1) is 0 Å². The number of hydrogen-bond acceptors (Lipinski definition) is 3.